The second-order valence-electron chi connectivity index (χ2n) is 8.21. The van der Waals surface area contributed by atoms with Crippen molar-refractivity contribution in [1.29, 1.82) is 0 Å². The Morgan fingerprint density at radius 3 is 2.85 bits per heavy atom. The molecule has 0 saturated carbocycles. The average Bonchev–Trinajstić information content (AvgIpc) is 3.60. The number of hydrogen-bond acceptors (Lipinski definition) is 7. The second-order valence-corrected chi connectivity index (χ2v) is 8.21. The van der Waals surface area contributed by atoms with E-state index in [4.69, 9.17) is 15.5 Å². The summed E-state index contributed by atoms with van der Waals surface area (Å²) in [4.78, 5) is 11.8. The number of methoxy groups -OCH3 is 1. The molecule has 1 aliphatic rings. The van der Waals surface area contributed by atoms with Crippen LogP contribution >= 0.6 is 0 Å². The van der Waals surface area contributed by atoms with Crippen LogP contribution in [0.2, 0.25) is 0 Å². The Morgan fingerprint density at radius 2 is 2.00 bits per heavy atom. The molecule has 0 aliphatic carbocycles. The number of nitrogens with zero attached hydrogens (tertiary/aromatic N) is 5. The molecule has 33 heavy (non-hydrogen) atoms. The van der Waals surface area contributed by atoms with Crippen molar-refractivity contribution >= 4 is 39.6 Å². The molecule has 166 valence electrons. The van der Waals surface area contributed by atoms with Gasteiger partial charge >= 0.3 is 0 Å². The summed E-state index contributed by atoms with van der Waals surface area (Å²) in [6.07, 6.45) is 8.07. The normalized spacial score (nSPS) is 13.8. The van der Waals surface area contributed by atoms with E-state index in [0.29, 0.717) is 11.6 Å². The van der Waals surface area contributed by atoms with Crippen LogP contribution in [0.1, 0.15) is 12.8 Å². The monoisotopic (exact) mass is 440 g/mol. The Bertz CT molecular complexity index is 1460. The molecule has 3 aromatic heterocycles. The molecule has 0 bridgehead atoms. The first-order chi connectivity index (χ1) is 16.2. The SMILES string of the molecule is COc1cc(Nc2nc(-c3ccc4[nH]nc(N)c4c3)cn3ccnc23)ccc1N1CCCC1. The number of fused-ring (bicyclic) bond motifs is 2. The van der Waals surface area contributed by atoms with Gasteiger partial charge in [-0.3, -0.25) is 5.10 Å². The highest BCUT2D eigenvalue weighted by Crippen LogP contribution is 2.35. The van der Waals surface area contributed by atoms with E-state index in [9.17, 15) is 0 Å². The Kier molecular flexibility index (Phi) is 4.53. The number of aromatic amines is 1. The number of hydrogen-bond donors (Lipinski definition) is 3. The molecule has 5 aromatic rings. The van der Waals surface area contributed by atoms with Gasteiger partial charge in [-0.15, -0.1) is 0 Å². The van der Waals surface area contributed by atoms with Crippen molar-refractivity contribution in [2.45, 2.75) is 12.8 Å². The van der Waals surface area contributed by atoms with Gasteiger partial charge in [0, 0.05) is 54.4 Å². The number of nitrogens with two attached hydrogens (primary N) is 1. The van der Waals surface area contributed by atoms with Crippen molar-refractivity contribution in [1.82, 2.24) is 24.6 Å². The number of imidazole rings is 1. The number of anilines is 4. The average molecular weight is 441 g/mol. The lowest BCUT2D eigenvalue weighted by Gasteiger charge is -2.21. The highest BCUT2D eigenvalue weighted by molar-refractivity contribution is 5.92. The second kappa shape index (κ2) is 7.70. The van der Waals surface area contributed by atoms with Gasteiger partial charge in [0.15, 0.2) is 17.3 Å². The van der Waals surface area contributed by atoms with Crippen LogP contribution < -0.4 is 20.7 Å². The third-order valence-corrected chi connectivity index (χ3v) is 6.15. The Hall–Kier alpha value is -4.27. The van der Waals surface area contributed by atoms with Gasteiger partial charge in [-0.25, -0.2) is 9.97 Å². The van der Waals surface area contributed by atoms with Crippen LogP contribution in [0.4, 0.5) is 23.0 Å². The third-order valence-electron chi connectivity index (χ3n) is 6.15. The molecular weight excluding hydrogens is 416 g/mol. The zero-order valence-electron chi connectivity index (χ0n) is 18.2. The van der Waals surface area contributed by atoms with E-state index in [0.717, 1.165) is 58.0 Å². The van der Waals surface area contributed by atoms with E-state index in [1.807, 2.05) is 41.1 Å². The first-order valence-corrected chi connectivity index (χ1v) is 11.0. The molecule has 6 rings (SSSR count). The number of ether oxygens (including phenoxy) is 1. The summed E-state index contributed by atoms with van der Waals surface area (Å²) in [6, 6.07) is 12.1. The lowest BCUT2D eigenvalue weighted by Crippen LogP contribution is -2.18. The van der Waals surface area contributed by atoms with E-state index in [1.165, 1.54) is 12.8 Å². The molecule has 0 atom stereocenters. The van der Waals surface area contributed by atoms with Crippen molar-refractivity contribution < 1.29 is 4.74 Å². The predicted octanol–water partition coefficient (Wildman–Crippen LogP) is 4.21. The molecule has 0 amide bonds. The molecule has 0 unspecified atom stereocenters. The number of H-pyrrole nitrogens is 1. The molecule has 2 aromatic carbocycles. The van der Waals surface area contributed by atoms with Crippen molar-refractivity contribution in [3.05, 3.63) is 55.0 Å². The maximum Gasteiger partial charge on any atom is 0.180 e. The maximum atomic E-state index is 6.01. The zero-order valence-corrected chi connectivity index (χ0v) is 18.2. The van der Waals surface area contributed by atoms with Crippen molar-refractivity contribution in [2.75, 3.05) is 36.1 Å². The maximum absolute atomic E-state index is 6.01. The standard InChI is InChI=1S/C24H24N8O/c1-33-21-13-16(5-7-20(21)31-9-2-3-10-31)27-23-24-26-8-11-32(24)14-19(28-23)15-4-6-18-17(12-15)22(25)30-29-18/h4-8,11-14H,2-3,9-10H2,1H3,(H,27,28)(H3,25,29,30). The Balaban J connectivity index is 1.39. The van der Waals surface area contributed by atoms with Crippen molar-refractivity contribution in [3.8, 4) is 17.0 Å². The van der Waals surface area contributed by atoms with E-state index in [2.05, 4.69) is 37.5 Å². The van der Waals surface area contributed by atoms with Crippen LogP contribution in [0.5, 0.6) is 5.75 Å². The Labute approximate surface area is 190 Å². The fraction of sp³-hybridized carbons (Fsp3) is 0.208. The van der Waals surface area contributed by atoms with Gasteiger partial charge in [0.1, 0.15) is 5.75 Å². The quantitative estimate of drug-likeness (QED) is 0.376. The van der Waals surface area contributed by atoms with Crippen LogP contribution in [0.25, 0.3) is 27.8 Å². The van der Waals surface area contributed by atoms with Gasteiger partial charge in [0.2, 0.25) is 0 Å². The van der Waals surface area contributed by atoms with Crippen molar-refractivity contribution in [3.63, 3.8) is 0 Å². The van der Waals surface area contributed by atoms with Crippen molar-refractivity contribution in [2.24, 2.45) is 0 Å². The fourth-order valence-electron chi connectivity index (χ4n) is 4.46. The number of rotatable bonds is 5. The first-order valence-electron chi connectivity index (χ1n) is 11.0. The molecule has 4 N–H and O–H groups in total. The fourth-order valence-corrected chi connectivity index (χ4v) is 4.46. The van der Waals surface area contributed by atoms with Crippen LogP contribution in [0, 0.1) is 0 Å². The summed E-state index contributed by atoms with van der Waals surface area (Å²) in [7, 11) is 1.71. The van der Waals surface area contributed by atoms with Crippen LogP contribution in [0.3, 0.4) is 0 Å². The molecule has 1 aliphatic heterocycles. The highest BCUT2D eigenvalue weighted by atomic mass is 16.5. The van der Waals surface area contributed by atoms with E-state index in [1.54, 1.807) is 13.3 Å². The minimum Gasteiger partial charge on any atom is -0.495 e. The largest absolute Gasteiger partial charge is 0.495 e. The minimum absolute atomic E-state index is 0.471. The van der Waals surface area contributed by atoms with Crippen LogP contribution in [-0.4, -0.2) is 44.8 Å². The number of nitrogen functional groups attached to an aromatic ring is 1. The van der Waals surface area contributed by atoms with E-state index in [-0.39, 0.29) is 0 Å². The molecule has 0 radical (unpaired) electrons. The molecule has 0 spiro atoms. The first kappa shape index (κ1) is 19.4. The lowest BCUT2D eigenvalue weighted by atomic mass is 10.1. The smallest absolute Gasteiger partial charge is 0.180 e. The molecule has 1 fully saturated rings. The number of nitrogens with one attached hydrogen (secondary N) is 2. The van der Waals surface area contributed by atoms with Gasteiger partial charge in [0.05, 0.1) is 24.0 Å². The van der Waals surface area contributed by atoms with Gasteiger partial charge in [-0.1, -0.05) is 6.07 Å². The molecule has 9 nitrogen and oxygen atoms in total. The predicted molar refractivity (Wildman–Crippen MR) is 130 cm³/mol. The number of benzene rings is 2. The van der Waals surface area contributed by atoms with Gasteiger partial charge in [0.25, 0.3) is 0 Å². The summed E-state index contributed by atoms with van der Waals surface area (Å²) in [5.41, 5.74) is 11.4. The Morgan fingerprint density at radius 1 is 1.12 bits per heavy atom. The summed E-state index contributed by atoms with van der Waals surface area (Å²) >= 11 is 0. The summed E-state index contributed by atoms with van der Waals surface area (Å²) in [5.74, 6) is 1.98. The molecule has 1 saturated heterocycles. The van der Waals surface area contributed by atoms with E-state index >= 15 is 0 Å². The topological polar surface area (TPSA) is 109 Å². The van der Waals surface area contributed by atoms with Gasteiger partial charge < -0.3 is 25.1 Å². The van der Waals surface area contributed by atoms with Gasteiger partial charge in [-0.2, -0.15) is 5.10 Å². The third kappa shape index (κ3) is 3.38. The zero-order chi connectivity index (χ0) is 22.4. The molecule has 9 heteroatoms. The summed E-state index contributed by atoms with van der Waals surface area (Å²) in [6.45, 7) is 2.12. The van der Waals surface area contributed by atoms with E-state index < -0.39 is 0 Å². The highest BCUT2D eigenvalue weighted by Gasteiger charge is 2.17. The number of aromatic nitrogens is 5. The lowest BCUT2D eigenvalue weighted by molar-refractivity contribution is 0.415. The van der Waals surface area contributed by atoms with Crippen LogP contribution in [0.15, 0.2) is 55.0 Å². The van der Waals surface area contributed by atoms with Gasteiger partial charge in [-0.05, 0) is 37.1 Å². The van der Waals surface area contributed by atoms with Crippen LogP contribution in [-0.2, 0) is 0 Å². The summed E-state index contributed by atoms with van der Waals surface area (Å²) < 4.78 is 7.66. The molecular formula is C24H24N8O. The minimum atomic E-state index is 0.471. The molecule has 4 heterocycles. The summed E-state index contributed by atoms with van der Waals surface area (Å²) in [5, 5.41) is 11.3.